The fraction of sp³-hybridized carbons (Fsp3) is 0.227. The van der Waals surface area contributed by atoms with Crippen LogP contribution in [0.5, 0.6) is 0 Å². The highest BCUT2D eigenvalue weighted by Crippen LogP contribution is 2.28. The molecule has 5 heterocycles. The Bertz CT molecular complexity index is 1480. The highest BCUT2D eigenvalue weighted by molar-refractivity contribution is 5.76. The lowest BCUT2D eigenvalue weighted by molar-refractivity contribution is 0.406. The minimum absolute atomic E-state index is 0.0132. The molecule has 31 heavy (non-hydrogen) atoms. The van der Waals surface area contributed by atoms with Gasteiger partial charge >= 0.3 is 0 Å². The van der Waals surface area contributed by atoms with Crippen LogP contribution in [0.15, 0.2) is 60.2 Å². The first-order valence-corrected chi connectivity index (χ1v) is 9.92. The maximum absolute atomic E-state index is 14.9. The molecule has 0 aliphatic carbocycles. The van der Waals surface area contributed by atoms with E-state index in [4.69, 9.17) is 0 Å². The molecule has 0 aliphatic rings. The standard InChI is InChI=1S/C22H20FN7O/c1-13(2)19(29-8-6-17-15(22(29)31)5-4-7-24-17)21-27-26-20-16(23)9-14(10-30(20)21)18-11-28(3)12-25-18/h4-13,19H,1-3H3/t19-/m1/s1. The Morgan fingerprint density at radius 1 is 1.10 bits per heavy atom. The van der Waals surface area contributed by atoms with E-state index < -0.39 is 11.9 Å². The summed E-state index contributed by atoms with van der Waals surface area (Å²) in [7, 11) is 1.85. The van der Waals surface area contributed by atoms with Gasteiger partial charge in [-0.1, -0.05) is 13.8 Å². The van der Waals surface area contributed by atoms with Crippen LogP contribution in [-0.2, 0) is 7.05 Å². The number of imidazole rings is 1. The maximum Gasteiger partial charge on any atom is 0.260 e. The van der Waals surface area contributed by atoms with Crippen molar-refractivity contribution < 1.29 is 4.39 Å². The molecule has 0 N–H and O–H groups in total. The van der Waals surface area contributed by atoms with E-state index in [2.05, 4.69) is 20.2 Å². The highest BCUT2D eigenvalue weighted by atomic mass is 19.1. The van der Waals surface area contributed by atoms with Gasteiger partial charge in [0.15, 0.2) is 17.3 Å². The summed E-state index contributed by atoms with van der Waals surface area (Å²) in [5.74, 6) is -0.0349. The molecule has 0 aliphatic heterocycles. The third kappa shape index (κ3) is 3.09. The van der Waals surface area contributed by atoms with Gasteiger partial charge in [0.05, 0.1) is 29.0 Å². The first-order chi connectivity index (χ1) is 14.9. The monoisotopic (exact) mass is 417 g/mol. The number of rotatable bonds is 4. The Kier molecular flexibility index (Phi) is 4.39. The van der Waals surface area contributed by atoms with Gasteiger partial charge in [-0.3, -0.25) is 14.2 Å². The van der Waals surface area contributed by atoms with Gasteiger partial charge < -0.3 is 9.13 Å². The Hall–Kier alpha value is -3.88. The van der Waals surface area contributed by atoms with Crippen LogP contribution in [0.2, 0.25) is 0 Å². The minimum Gasteiger partial charge on any atom is -0.340 e. The second kappa shape index (κ2) is 7.12. The number of pyridine rings is 3. The molecule has 0 amide bonds. The fourth-order valence-corrected chi connectivity index (χ4v) is 3.93. The summed E-state index contributed by atoms with van der Waals surface area (Å²) in [6.45, 7) is 3.98. The van der Waals surface area contributed by atoms with E-state index in [1.165, 1.54) is 6.07 Å². The van der Waals surface area contributed by atoms with Crippen molar-refractivity contribution in [2.75, 3.05) is 0 Å². The Morgan fingerprint density at radius 3 is 2.68 bits per heavy atom. The first-order valence-electron chi connectivity index (χ1n) is 9.92. The number of aryl methyl sites for hydroxylation is 1. The van der Waals surface area contributed by atoms with Gasteiger partial charge in [-0.05, 0) is 30.2 Å². The molecule has 0 spiro atoms. The summed E-state index contributed by atoms with van der Waals surface area (Å²) < 4.78 is 19.9. The quantitative estimate of drug-likeness (QED) is 0.448. The molecule has 5 rings (SSSR count). The van der Waals surface area contributed by atoms with Gasteiger partial charge in [-0.25, -0.2) is 9.37 Å². The largest absolute Gasteiger partial charge is 0.340 e. The topological polar surface area (TPSA) is 82.9 Å². The van der Waals surface area contributed by atoms with Crippen LogP contribution in [0.3, 0.4) is 0 Å². The molecule has 0 bridgehead atoms. The van der Waals surface area contributed by atoms with Gasteiger partial charge in [0.25, 0.3) is 5.56 Å². The summed E-state index contributed by atoms with van der Waals surface area (Å²) >= 11 is 0. The molecule has 0 saturated heterocycles. The fourth-order valence-electron chi connectivity index (χ4n) is 3.93. The van der Waals surface area contributed by atoms with Crippen molar-refractivity contribution in [1.82, 2.24) is 33.7 Å². The van der Waals surface area contributed by atoms with E-state index in [-0.39, 0.29) is 17.1 Å². The maximum atomic E-state index is 14.9. The minimum atomic E-state index is -0.500. The molecule has 5 aromatic rings. The summed E-state index contributed by atoms with van der Waals surface area (Å²) in [6, 6.07) is 6.23. The molecule has 0 aromatic carbocycles. The smallest absolute Gasteiger partial charge is 0.260 e. The molecule has 0 radical (unpaired) electrons. The average Bonchev–Trinajstić information content (AvgIpc) is 3.37. The molecular formula is C22H20FN7O. The normalized spacial score (nSPS) is 12.8. The van der Waals surface area contributed by atoms with Crippen LogP contribution in [0, 0.1) is 11.7 Å². The second-order valence-corrected chi connectivity index (χ2v) is 7.91. The molecule has 156 valence electrons. The lowest BCUT2D eigenvalue weighted by Gasteiger charge is -2.22. The molecule has 9 heteroatoms. The van der Waals surface area contributed by atoms with Crippen molar-refractivity contribution in [1.29, 1.82) is 0 Å². The van der Waals surface area contributed by atoms with E-state index >= 15 is 0 Å². The average molecular weight is 417 g/mol. The molecule has 5 aromatic heterocycles. The van der Waals surface area contributed by atoms with Crippen molar-refractivity contribution in [3.63, 3.8) is 0 Å². The van der Waals surface area contributed by atoms with Crippen LogP contribution in [-0.4, -0.2) is 33.7 Å². The zero-order valence-corrected chi connectivity index (χ0v) is 17.3. The summed E-state index contributed by atoms with van der Waals surface area (Å²) in [6.07, 6.45) is 8.59. The van der Waals surface area contributed by atoms with Gasteiger partial charge in [0, 0.05) is 37.4 Å². The second-order valence-electron chi connectivity index (χ2n) is 7.91. The molecule has 0 unspecified atom stereocenters. The number of hydrogen-bond acceptors (Lipinski definition) is 5. The highest BCUT2D eigenvalue weighted by Gasteiger charge is 2.26. The van der Waals surface area contributed by atoms with Gasteiger partial charge in [0.1, 0.15) is 0 Å². The third-order valence-corrected chi connectivity index (χ3v) is 5.38. The molecule has 0 fully saturated rings. The van der Waals surface area contributed by atoms with E-state index in [0.717, 1.165) is 0 Å². The Labute approximate surface area is 176 Å². The number of fused-ring (bicyclic) bond motifs is 2. The van der Waals surface area contributed by atoms with Gasteiger partial charge in [-0.15, -0.1) is 10.2 Å². The SMILES string of the molecule is CC(C)[C@H](c1nnc2c(F)cc(-c3cn(C)cn3)cn12)n1ccc2ncccc2c1=O. The van der Waals surface area contributed by atoms with Crippen LogP contribution < -0.4 is 5.56 Å². The van der Waals surface area contributed by atoms with Crippen LogP contribution in [0.4, 0.5) is 4.39 Å². The summed E-state index contributed by atoms with van der Waals surface area (Å²) in [5, 5.41) is 8.87. The summed E-state index contributed by atoms with van der Waals surface area (Å²) in [5.41, 5.74) is 1.79. The molecular weight excluding hydrogens is 397 g/mol. The Balaban J connectivity index is 1.73. The predicted molar refractivity (Wildman–Crippen MR) is 114 cm³/mol. The van der Waals surface area contributed by atoms with Crippen molar-refractivity contribution in [2.45, 2.75) is 19.9 Å². The number of halogens is 1. The first kappa shape index (κ1) is 19.1. The van der Waals surface area contributed by atoms with Gasteiger partial charge in [0.2, 0.25) is 0 Å². The van der Waals surface area contributed by atoms with E-state index in [1.54, 1.807) is 56.7 Å². The molecule has 0 saturated carbocycles. The van der Waals surface area contributed by atoms with Crippen LogP contribution in [0.1, 0.15) is 25.7 Å². The third-order valence-electron chi connectivity index (χ3n) is 5.38. The van der Waals surface area contributed by atoms with Crippen LogP contribution in [0.25, 0.3) is 27.8 Å². The van der Waals surface area contributed by atoms with E-state index in [9.17, 15) is 9.18 Å². The molecule has 8 nitrogen and oxygen atoms in total. The van der Waals surface area contributed by atoms with E-state index in [1.807, 2.05) is 27.1 Å². The lowest BCUT2D eigenvalue weighted by Crippen LogP contribution is -2.29. The van der Waals surface area contributed by atoms with Crippen molar-refractivity contribution in [3.8, 4) is 11.3 Å². The van der Waals surface area contributed by atoms with Crippen molar-refractivity contribution >= 4 is 16.6 Å². The number of aromatic nitrogens is 7. The van der Waals surface area contributed by atoms with Crippen LogP contribution >= 0.6 is 0 Å². The number of nitrogens with zero attached hydrogens (tertiary/aromatic N) is 7. The lowest BCUT2D eigenvalue weighted by atomic mass is 10.0. The van der Waals surface area contributed by atoms with E-state index in [0.29, 0.717) is 28.0 Å². The van der Waals surface area contributed by atoms with Crippen molar-refractivity contribution in [2.24, 2.45) is 13.0 Å². The summed E-state index contributed by atoms with van der Waals surface area (Å²) in [4.78, 5) is 21.8. The van der Waals surface area contributed by atoms with Crippen molar-refractivity contribution in [3.05, 3.63) is 77.4 Å². The number of hydrogen-bond donors (Lipinski definition) is 0. The predicted octanol–water partition coefficient (Wildman–Crippen LogP) is 3.22. The zero-order valence-electron chi connectivity index (χ0n) is 17.3. The Morgan fingerprint density at radius 2 is 1.94 bits per heavy atom. The van der Waals surface area contributed by atoms with Gasteiger partial charge in [-0.2, -0.15) is 0 Å². The molecule has 1 atom stereocenters. The zero-order chi connectivity index (χ0) is 21.7.